The second-order valence-electron chi connectivity index (χ2n) is 6.10. The van der Waals surface area contributed by atoms with Crippen molar-refractivity contribution < 1.29 is 13.2 Å². The number of benzene rings is 1. The van der Waals surface area contributed by atoms with E-state index in [1.165, 1.54) is 16.1 Å². The maximum atomic E-state index is 12.5. The van der Waals surface area contributed by atoms with E-state index in [9.17, 15) is 13.2 Å². The van der Waals surface area contributed by atoms with Crippen molar-refractivity contribution in [2.24, 2.45) is 0 Å². The van der Waals surface area contributed by atoms with Gasteiger partial charge in [0.25, 0.3) is 5.91 Å². The molecule has 1 amide bonds. The van der Waals surface area contributed by atoms with Crippen LogP contribution in [0.25, 0.3) is 0 Å². The van der Waals surface area contributed by atoms with E-state index in [2.05, 4.69) is 0 Å². The van der Waals surface area contributed by atoms with Gasteiger partial charge in [-0.3, -0.25) is 4.79 Å². The number of aryl methyl sites for hydroxylation is 2. The van der Waals surface area contributed by atoms with Gasteiger partial charge in [-0.15, -0.1) is 0 Å². The van der Waals surface area contributed by atoms with Crippen LogP contribution in [0.2, 0.25) is 0 Å². The number of carbonyl (C=O) groups excluding carboxylic acids is 1. The molecule has 0 aliphatic carbocycles. The van der Waals surface area contributed by atoms with Crippen LogP contribution >= 0.6 is 0 Å². The van der Waals surface area contributed by atoms with E-state index in [0.29, 0.717) is 31.5 Å². The van der Waals surface area contributed by atoms with Gasteiger partial charge in [-0.25, -0.2) is 12.7 Å². The predicted octanol–water partition coefficient (Wildman–Crippen LogP) is 1.80. The third-order valence-electron chi connectivity index (χ3n) is 4.54. The van der Waals surface area contributed by atoms with E-state index < -0.39 is 10.0 Å². The zero-order chi connectivity index (χ0) is 16.5. The van der Waals surface area contributed by atoms with Gasteiger partial charge in [0.15, 0.2) is 0 Å². The van der Waals surface area contributed by atoms with Crippen molar-refractivity contribution in [3.8, 4) is 0 Å². The fourth-order valence-electron chi connectivity index (χ4n) is 2.76. The first-order valence-electron chi connectivity index (χ1n) is 7.49. The molecule has 122 valence electrons. The fraction of sp³-hybridized carbons (Fsp3) is 0.562. The lowest BCUT2D eigenvalue weighted by atomic mass is 10.0. The highest BCUT2D eigenvalue weighted by molar-refractivity contribution is 7.88. The fourth-order valence-corrected chi connectivity index (χ4v) is 3.51. The van der Waals surface area contributed by atoms with Crippen LogP contribution in [-0.2, 0) is 10.0 Å². The van der Waals surface area contributed by atoms with Crippen molar-refractivity contribution in [3.63, 3.8) is 0 Å². The van der Waals surface area contributed by atoms with E-state index in [1.54, 1.807) is 7.05 Å². The third kappa shape index (κ3) is 3.67. The Balaban J connectivity index is 2.02. The molecule has 0 aromatic heterocycles. The molecule has 0 radical (unpaired) electrons. The smallest absolute Gasteiger partial charge is 0.253 e. The minimum atomic E-state index is -3.17. The van der Waals surface area contributed by atoms with Gasteiger partial charge >= 0.3 is 0 Å². The molecule has 1 aromatic rings. The highest BCUT2D eigenvalue weighted by Gasteiger charge is 2.29. The summed E-state index contributed by atoms with van der Waals surface area (Å²) in [6.45, 7) is 5.21. The molecule has 0 N–H and O–H groups in total. The van der Waals surface area contributed by atoms with Gasteiger partial charge in [-0.2, -0.15) is 0 Å². The van der Waals surface area contributed by atoms with E-state index >= 15 is 0 Å². The van der Waals surface area contributed by atoms with Crippen molar-refractivity contribution in [3.05, 3.63) is 34.9 Å². The predicted molar refractivity (Wildman–Crippen MR) is 87.4 cm³/mol. The molecule has 6 heteroatoms. The zero-order valence-electron chi connectivity index (χ0n) is 13.7. The lowest BCUT2D eigenvalue weighted by Crippen LogP contribution is -2.47. The molecule has 2 rings (SSSR count). The van der Waals surface area contributed by atoms with E-state index in [-0.39, 0.29) is 11.9 Å². The Morgan fingerprint density at radius 1 is 1.18 bits per heavy atom. The van der Waals surface area contributed by atoms with Crippen molar-refractivity contribution in [1.82, 2.24) is 9.21 Å². The Morgan fingerprint density at radius 2 is 1.77 bits per heavy atom. The van der Waals surface area contributed by atoms with Gasteiger partial charge in [-0.1, -0.05) is 6.07 Å². The Labute approximate surface area is 133 Å². The molecule has 1 saturated heterocycles. The minimum Gasteiger partial charge on any atom is -0.339 e. The molecule has 5 nitrogen and oxygen atoms in total. The lowest BCUT2D eigenvalue weighted by Gasteiger charge is -2.35. The second-order valence-corrected chi connectivity index (χ2v) is 8.14. The third-order valence-corrected chi connectivity index (χ3v) is 5.89. The Morgan fingerprint density at radius 3 is 2.27 bits per heavy atom. The van der Waals surface area contributed by atoms with Crippen molar-refractivity contribution in [2.45, 2.75) is 32.7 Å². The number of rotatable bonds is 3. The Kier molecular flexibility index (Phi) is 4.92. The molecule has 1 aliphatic rings. The molecule has 1 aromatic carbocycles. The second kappa shape index (κ2) is 6.38. The normalized spacial score (nSPS) is 17.0. The first kappa shape index (κ1) is 17.0. The van der Waals surface area contributed by atoms with Gasteiger partial charge in [0.1, 0.15) is 0 Å². The minimum absolute atomic E-state index is 0.0150. The molecule has 1 fully saturated rings. The topological polar surface area (TPSA) is 57.7 Å². The summed E-state index contributed by atoms with van der Waals surface area (Å²) in [6.07, 6.45) is 2.58. The van der Waals surface area contributed by atoms with Gasteiger partial charge in [0.05, 0.1) is 6.26 Å². The summed E-state index contributed by atoms with van der Waals surface area (Å²) < 4.78 is 24.6. The summed E-state index contributed by atoms with van der Waals surface area (Å²) in [4.78, 5) is 14.3. The highest BCUT2D eigenvalue weighted by atomic mass is 32.2. The summed E-state index contributed by atoms with van der Waals surface area (Å²) in [6, 6.07) is 5.73. The largest absolute Gasteiger partial charge is 0.339 e. The molecule has 0 spiro atoms. The number of nitrogens with zero attached hydrogens (tertiary/aromatic N) is 2. The van der Waals surface area contributed by atoms with Crippen molar-refractivity contribution >= 4 is 15.9 Å². The highest BCUT2D eigenvalue weighted by Crippen LogP contribution is 2.20. The average Bonchev–Trinajstić information content (AvgIpc) is 2.48. The van der Waals surface area contributed by atoms with Crippen LogP contribution < -0.4 is 0 Å². The molecule has 0 saturated carbocycles. The summed E-state index contributed by atoms with van der Waals surface area (Å²) in [5.74, 6) is 0.0311. The van der Waals surface area contributed by atoms with Crippen LogP contribution in [0.3, 0.4) is 0 Å². The number of hydrogen-bond donors (Lipinski definition) is 0. The van der Waals surface area contributed by atoms with E-state index in [0.717, 1.165) is 5.56 Å². The number of carbonyl (C=O) groups is 1. The van der Waals surface area contributed by atoms with Crippen molar-refractivity contribution in [1.29, 1.82) is 0 Å². The zero-order valence-corrected chi connectivity index (χ0v) is 14.5. The molecular weight excluding hydrogens is 300 g/mol. The molecule has 1 heterocycles. The Hall–Kier alpha value is -1.40. The van der Waals surface area contributed by atoms with E-state index in [4.69, 9.17) is 0 Å². The molecule has 22 heavy (non-hydrogen) atoms. The van der Waals surface area contributed by atoms with Crippen LogP contribution in [-0.4, -0.2) is 56.0 Å². The summed E-state index contributed by atoms with van der Waals surface area (Å²) in [7, 11) is -1.56. The maximum absolute atomic E-state index is 12.5. The van der Waals surface area contributed by atoms with Crippen molar-refractivity contribution in [2.75, 3.05) is 26.4 Å². The Bertz CT molecular complexity index is 662. The maximum Gasteiger partial charge on any atom is 0.253 e. The standard InChI is InChI=1S/C16H24N2O3S/c1-12-5-6-14(11-13(12)2)16(19)18-9-7-15(8-10-18)17(3)22(4,20)21/h5-6,11,15H,7-10H2,1-4H3. The number of sulfonamides is 1. The van der Waals surface area contributed by atoms with Gasteiger partial charge < -0.3 is 4.90 Å². The molecule has 0 unspecified atom stereocenters. The molecule has 1 aliphatic heterocycles. The summed E-state index contributed by atoms with van der Waals surface area (Å²) in [5.41, 5.74) is 2.99. The van der Waals surface area contributed by atoms with Gasteiger partial charge in [0.2, 0.25) is 10.0 Å². The number of amides is 1. The molecule has 0 bridgehead atoms. The molecule has 0 atom stereocenters. The van der Waals surface area contributed by atoms with Gasteiger partial charge in [0, 0.05) is 31.7 Å². The summed E-state index contributed by atoms with van der Waals surface area (Å²) in [5, 5.41) is 0. The average molecular weight is 324 g/mol. The number of piperidine rings is 1. The van der Waals surface area contributed by atoms with E-state index in [1.807, 2.05) is 36.9 Å². The van der Waals surface area contributed by atoms with Gasteiger partial charge in [-0.05, 0) is 49.9 Å². The summed E-state index contributed by atoms with van der Waals surface area (Å²) >= 11 is 0. The van der Waals surface area contributed by atoms with Crippen LogP contribution in [0, 0.1) is 13.8 Å². The number of hydrogen-bond acceptors (Lipinski definition) is 3. The first-order valence-corrected chi connectivity index (χ1v) is 9.34. The quantitative estimate of drug-likeness (QED) is 0.852. The monoisotopic (exact) mass is 324 g/mol. The first-order chi connectivity index (χ1) is 10.2. The SMILES string of the molecule is Cc1ccc(C(=O)N2CCC(N(C)S(C)(=O)=O)CC2)cc1C. The number of likely N-dealkylation sites (tertiary alicyclic amines) is 1. The van der Waals surface area contributed by atoms with Crippen LogP contribution in [0.5, 0.6) is 0 Å². The molecular formula is C16H24N2O3S. The van der Waals surface area contributed by atoms with Crippen LogP contribution in [0.4, 0.5) is 0 Å². The lowest BCUT2D eigenvalue weighted by molar-refractivity contribution is 0.0686. The van der Waals surface area contributed by atoms with Crippen LogP contribution in [0.15, 0.2) is 18.2 Å². The van der Waals surface area contributed by atoms with Crippen LogP contribution in [0.1, 0.15) is 34.3 Å².